The summed E-state index contributed by atoms with van der Waals surface area (Å²) in [6.07, 6.45) is 3.06. The quantitative estimate of drug-likeness (QED) is 0.780. The second-order valence-electron chi connectivity index (χ2n) is 4.32. The summed E-state index contributed by atoms with van der Waals surface area (Å²) in [5.41, 5.74) is 0.993. The van der Waals surface area contributed by atoms with Gasteiger partial charge in [0.05, 0.1) is 25.1 Å². The predicted molar refractivity (Wildman–Crippen MR) is 66.0 cm³/mol. The van der Waals surface area contributed by atoms with Gasteiger partial charge in [-0.3, -0.25) is 9.48 Å². The number of aryl methyl sites for hydroxylation is 1. The van der Waals surface area contributed by atoms with Gasteiger partial charge >= 0.3 is 0 Å². The number of hydrogen-bond donors (Lipinski definition) is 0. The zero-order valence-corrected chi connectivity index (χ0v) is 10.9. The Morgan fingerprint density at radius 3 is 2.72 bits per heavy atom. The highest BCUT2D eigenvalue weighted by atomic mass is 16.5. The largest absolute Gasteiger partial charge is 0.493 e. The molecule has 18 heavy (non-hydrogen) atoms. The van der Waals surface area contributed by atoms with Crippen LogP contribution in [0.4, 0.5) is 0 Å². The van der Waals surface area contributed by atoms with E-state index < -0.39 is 0 Å². The first-order valence-electron chi connectivity index (χ1n) is 5.76. The molecule has 0 saturated heterocycles. The number of hydrogen-bond acceptors (Lipinski definition) is 4. The molecule has 96 valence electrons. The molecule has 5 nitrogen and oxygen atoms in total. The highest BCUT2D eigenvalue weighted by Crippen LogP contribution is 2.25. The van der Waals surface area contributed by atoms with Gasteiger partial charge in [-0.15, -0.1) is 0 Å². The van der Waals surface area contributed by atoms with E-state index in [1.807, 2.05) is 13.8 Å². The van der Waals surface area contributed by atoms with Crippen LogP contribution in [0.3, 0.4) is 0 Å². The van der Waals surface area contributed by atoms with Gasteiger partial charge in [-0.25, -0.2) is 0 Å². The van der Waals surface area contributed by atoms with E-state index in [2.05, 4.69) is 5.10 Å². The summed E-state index contributed by atoms with van der Waals surface area (Å²) in [5.74, 6) is 0.942. The lowest BCUT2D eigenvalue weighted by molar-refractivity contribution is 0.102. The number of furan rings is 1. The minimum atomic E-state index is -0.135. The standard InChI is InChI=1S/C13H16N2O3/c1-8(2)15-12(11(17-4)7-14-15)13(16)10-5-6-18-9(10)3/h5-8H,1-4H3. The second-order valence-corrected chi connectivity index (χ2v) is 4.32. The Kier molecular flexibility index (Phi) is 3.23. The second kappa shape index (κ2) is 4.68. The zero-order valence-electron chi connectivity index (χ0n) is 10.9. The van der Waals surface area contributed by atoms with E-state index in [4.69, 9.17) is 9.15 Å². The summed E-state index contributed by atoms with van der Waals surface area (Å²) >= 11 is 0. The predicted octanol–water partition coefficient (Wildman–Crippen LogP) is 2.61. The van der Waals surface area contributed by atoms with Gasteiger partial charge in [-0.2, -0.15) is 5.10 Å². The van der Waals surface area contributed by atoms with Crippen LogP contribution in [0, 0.1) is 6.92 Å². The Balaban J connectivity index is 2.53. The van der Waals surface area contributed by atoms with E-state index in [0.717, 1.165) is 0 Å². The fourth-order valence-electron chi connectivity index (χ4n) is 1.85. The zero-order chi connectivity index (χ0) is 13.3. The van der Waals surface area contributed by atoms with Crippen molar-refractivity contribution in [2.45, 2.75) is 26.8 Å². The van der Waals surface area contributed by atoms with Crippen LogP contribution in [0.2, 0.25) is 0 Å². The molecule has 2 aromatic heterocycles. The number of carbonyl (C=O) groups is 1. The number of methoxy groups -OCH3 is 1. The molecule has 0 saturated carbocycles. The van der Waals surface area contributed by atoms with Crippen molar-refractivity contribution < 1.29 is 13.9 Å². The highest BCUT2D eigenvalue weighted by molar-refractivity contribution is 6.10. The summed E-state index contributed by atoms with van der Waals surface area (Å²) < 4.78 is 12.0. The highest BCUT2D eigenvalue weighted by Gasteiger charge is 2.24. The third kappa shape index (κ3) is 1.92. The van der Waals surface area contributed by atoms with Crippen molar-refractivity contribution in [3.8, 4) is 5.75 Å². The van der Waals surface area contributed by atoms with Crippen molar-refractivity contribution in [2.24, 2.45) is 0 Å². The maximum atomic E-state index is 12.5. The SMILES string of the molecule is COc1cnn(C(C)C)c1C(=O)c1ccoc1C. The van der Waals surface area contributed by atoms with Crippen LogP contribution < -0.4 is 4.74 Å². The Morgan fingerprint density at radius 2 is 2.22 bits per heavy atom. The first-order chi connectivity index (χ1) is 8.56. The van der Waals surface area contributed by atoms with Crippen LogP contribution in [-0.2, 0) is 0 Å². The van der Waals surface area contributed by atoms with Gasteiger partial charge in [0, 0.05) is 6.04 Å². The minimum absolute atomic E-state index is 0.0834. The Hall–Kier alpha value is -2.04. The maximum Gasteiger partial charge on any atom is 0.218 e. The van der Waals surface area contributed by atoms with E-state index in [1.54, 1.807) is 23.9 Å². The Morgan fingerprint density at radius 1 is 1.50 bits per heavy atom. The van der Waals surface area contributed by atoms with Crippen LogP contribution in [-0.4, -0.2) is 22.7 Å². The molecule has 0 atom stereocenters. The molecule has 0 aliphatic rings. The molecule has 0 aliphatic heterocycles. The smallest absolute Gasteiger partial charge is 0.218 e. The summed E-state index contributed by atoms with van der Waals surface area (Å²) in [6, 6.07) is 1.74. The van der Waals surface area contributed by atoms with Crippen molar-refractivity contribution in [2.75, 3.05) is 7.11 Å². The topological polar surface area (TPSA) is 57.3 Å². The Labute approximate surface area is 105 Å². The lowest BCUT2D eigenvalue weighted by Gasteiger charge is -2.10. The van der Waals surface area contributed by atoms with Gasteiger partial charge in [0.25, 0.3) is 0 Å². The van der Waals surface area contributed by atoms with Crippen LogP contribution in [0.15, 0.2) is 22.9 Å². The molecule has 2 aromatic rings. The number of aromatic nitrogens is 2. The fourth-order valence-corrected chi connectivity index (χ4v) is 1.85. The van der Waals surface area contributed by atoms with Crippen LogP contribution in [0.25, 0.3) is 0 Å². The third-order valence-corrected chi connectivity index (χ3v) is 2.79. The Bertz CT molecular complexity index is 567. The van der Waals surface area contributed by atoms with Crippen molar-refractivity contribution in [3.63, 3.8) is 0 Å². The molecule has 2 heterocycles. The van der Waals surface area contributed by atoms with Crippen molar-refractivity contribution in [1.82, 2.24) is 9.78 Å². The molecule has 0 radical (unpaired) electrons. The molecule has 0 N–H and O–H groups in total. The van der Waals surface area contributed by atoms with Gasteiger partial charge in [0.1, 0.15) is 5.76 Å². The van der Waals surface area contributed by atoms with E-state index >= 15 is 0 Å². The summed E-state index contributed by atoms with van der Waals surface area (Å²) in [6.45, 7) is 5.69. The van der Waals surface area contributed by atoms with Gasteiger partial charge in [0.2, 0.25) is 5.78 Å². The van der Waals surface area contributed by atoms with Crippen LogP contribution in [0.5, 0.6) is 5.75 Å². The summed E-state index contributed by atoms with van der Waals surface area (Å²) in [5, 5.41) is 4.19. The van der Waals surface area contributed by atoms with Gasteiger partial charge in [-0.1, -0.05) is 0 Å². The van der Waals surface area contributed by atoms with E-state index in [1.165, 1.54) is 13.4 Å². The lowest BCUT2D eigenvalue weighted by Crippen LogP contribution is -2.14. The summed E-state index contributed by atoms with van der Waals surface area (Å²) in [7, 11) is 1.53. The van der Waals surface area contributed by atoms with Gasteiger partial charge in [-0.05, 0) is 26.8 Å². The molecule has 5 heteroatoms. The number of ether oxygens (including phenoxy) is 1. The first-order valence-corrected chi connectivity index (χ1v) is 5.76. The molecule has 0 bridgehead atoms. The number of nitrogens with zero attached hydrogens (tertiary/aromatic N) is 2. The fraction of sp³-hybridized carbons (Fsp3) is 0.385. The molecule has 0 fully saturated rings. The van der Waals surface area contributed by atoms with E-state index in [9.17, 15) is 4.79 Å². The van der Waals surface area contributed by atoms with Crippen molar-refractivity contribution >= 4 is 5.78 Å². The molecular weight excluding hydrogens is 232 g/mol. The molecule has 2 rings (SSSR count). The van der Waals surface area contributed by atoms with E-state index in [0.29, 0.717) is 22.8 Å². The molecule has 0 amide bonds. The van der Waals surface area contributed by atoms with Gasteiger partial charge < -0.3 is 9.15 Å². The number of ketones is 1. The van der Waals surface area contributed by atoms with Crippen molar-refractivity contribution in [3.05, 3.63) is 35.5 Å². The molecule has 0 unspecified atom stereocenters. The molecular formula is C13H16N2O3. The average Bonchev–Trinajstić information content (AvgIpc) is 2.93. The molecule has 0 aliphatic carbocycles. The third-order valence-electron chi connectivity index (χ3n) is 2.79. The monoisotopic (exact) mass is 248 g/mol. The minimum Gasteiger partial charge on any atom is -0.493 e. The lowest BCUT2D eigenvalue weighted by atomic mass is 10.1. The normalized spacial score (nSPS) is 10.9. The average molecular weight is 248 g/mol. The van der Waals surface area contributed by atoms with Crippen LogP contribution >= 0.6 is 0 Å². The van der Waals surface area contributed by atoms with E-state index in [-0.39, 0.29) is 11.8 Å². The number of carbonyl (C=O) groups excluding carboxylic acids is 1. The maximum absolute atomic E-state index is 12.5. The summed E-state index contributed by atoms with van der Waals surface area (Å²) in [4.78, 5) is 12.5. The molecule has 0 spiro atoms. The molecule has 0 aromatic carbocycles. The number of rotatable bonds is 4. The first kappa shape index (κ1) is 12.4. The van der Waals surface area contributed by atoms with Crippen molar-refractivity contribution in [1.29, 1.82) is 0 Å². The van der Waals surface area contributed by atoms with Crippen LogP contribution in [0.1, 0.15) is 41.7 Å². The van der Waals surface area contributed by atoms with Gasteiger partial charge in [0.15, 0.2) is 11.4 Å².